The highest BCUT2D eigenvalue weighted by Crippen LogP contribution is 1.87. The van der Waals surface area contributed by atoms with Gasteiger partial charge < -0.3 is 10.1 Å². The van der Waals surface area contributed by atoms with E-state index in [-0.39, 0.29) is 12.0 Å². The summed E-state index contributed by atoms with van der Waals surface area (Å²) in [5.41, 5.74) is 0. The maximum absolute atomic E-state index is 11.4. The predicted octanol–water partition coefficient (Wildman–Crippen LogP) is 0.869. The number of rotatable bonds is 8. The van der Waals surface area contributed by atoms with E-state index in [1.54, 1.807) is 0 Å². The number of likely N-dealkylation sites (N-methyl/N-ethyl adjacent to an activating group) is 1. The fourth-order valence-electron chi connectivity index (χ4n) is 1.19. The number of ether oxygens (including phenoxy) is 1. The van der Waals surface area contributed by atoms with Gasteiger partial charge in [-0.2, -0.15) is 0 Å². The molecule has 0 heterocycles. The smallest absolute Gasteiger partial charge is 0.234 e. The Morgan fingerprint density at radius 1 is 1.33 bits per heavy atom. The van der Waals surface area contributed by atoms with Gasteiger partial charge in [0.1, 0.15) is 0 Å². The minimum absolute atomic E-state index is 0.0751. The van der Waals surface area contributed by atoms with E-state index in [0.29, 0.717) is 19.7 Å². The first kappa shape index (κ1) is 14.4. The molecule has 0 fully saturated rings. The second-order valence-electron chi connectivity index (χ2n) is 3.73. The van der Waals surface area contributed by atoms with Gasteiger partial charge in [0, 0.05) is 6.54 Å². The van der Waals surface area contributed by atoms with Crippen molar-refractivity contribution in [2.24, 2.45) is 0 Å². The molecule has 0 aliphatic carbocycles. The highest BCUT2D eigenvalue weighted by atomic mass is 16.5. The van der Waals surface area contributed by atoms with Crippen LogP contribution in [0.2, 0.25) is 0 Å². The quantitative estimate of drug-likeness (QED) is 0.612. The van der Waals surface area contributed by atoms with Crippen molar-refractivity contribution >= 4 is 5.91 Å². The zero-order valence-electron chi connectivity index (χ0n) is 10.4. The highest BCUT2D eigenvalue weighted by molar-refractivity contribution is 5.77. The molecule has 4 nitrogen and oxygen atoms in total. The number of nitrogens with one attached hydrogen (secondary N) is 1. The van der Waals surface area contributed by atoms with Gasteiger partial charge in [0.25, 0.3) is 0 Å². The van der Waals surface area contributed by atoms with Crippen molar-refractivity contribution < 1.29 is 9.53 Å². The van der Waals surface area contributed by atoms with E-state index in [1.165, 1.54) is 0 Å². The molecule has 0 aromatic heterocycles. The lowest BCUT2D eigenvalue weighted by Gasteiger charge is -2.17. The summed E-state index contributed by atoms with van der Waals surface area (Å²) in [6.45, 7) is 11.6. The molecule has 0 atom stereocenters. The number of carbonyl (C=O) groups is 1. The first-order valence-corrected chi connectivity index (χ1v) is 5.70. The Morgan fingerprint density at radius 3 is 2.40 bits per heavy atom. The Labute approximate surface area is 93.0 Å². The molecule has 90 valence electrons. The molecule has 0 aromatic carbocycles. The normalized spacial score (nSPS) is 11.1. The van der Waals surface area contributed by atoms with Crippen molar-refractivity contribution in [3.8, 4) is 0 Å². The van der Waals surface area contributed by atoms with Crippen LogP contribution in [-0.2, 0) is 9.53 Å². The molecule has 0 saturated carbocycles. The van der Waals surface area contributed by atoms with Crippen LogP contribution in [0.3, 0.4) is 0 Å². The minimum Gasteiger partial charge on any atom is -0.377 e. The van der Waals surface area contributed by atoms with E-state index < -0.39 is 0 Å². The van der Waals surface area contributed by atoms with Crippen molar-refractivity contribution in [1.29, 1.82) is 0 Å². The van der Waals surface area contributed by atoms with E-state index >= 15 is 0 Å². The number of nitrogens with zero attached hydrogens (tertiary/aromatic N) is 1. The van der Waals surface area contributed by atoms with Gasteiger partial charge in [-0.1, -0.05) is 13.8 Å². The summed E-state index contributed by atoms with van der Waals surface area (Å²) in [4.78, 5) is 13.5. The largest absolute Gasteiger partial charge is 0.377 e. The topological polar surface area (TPSA) is 41.6 Å². The summed E-state index contributed by atoms with van der Waals surface area (Å²) in [7, 11) is 0. The van der Waals surface area contributed by atoms with Crippen LogP contribution in [0, 0.1) is 0 Å². The van der Waals surface area contributed by atoms with Crippen LogP contribution in [0.4, 0.5) is 0 Å². The van der Waals surface area contributed by atoms with E-state index in [4.69, 9.17) is 4.74 Å². The molecule has 15 heavy (non-hydrogen) atoms. The molecule has 0 radical (unpaired) electrons. The number of carbonyl (C=O) groups excluding carboxylic acids is 1. The molecule has 0 rings (SSSR count). The zero-order chi connectivity index (χ0) is 11.7. The van der Waals surface area contributed by atoms with Crippen LogP contribution < -0.4 is 5.32 Å². The second kappa shape index (κ2) is 8.68. The van der Waals surface area contributed by atoms with Crippen LogP contribution in [0.1, 0.15) is 27.7 Å². The highest BCUT2D eigenvalue weighted by Gasteiger charge is 2.05. The fourth-order valence-corrected chi connectivity index (χ4v) is 1.19. The Morgan fingerprint density at radius 2 is 1.93 bits per heavy atom. The summed E-state index contributed by atoms with van der Waals surface area (Å²) in [5.74, 6) is 0.0751. The predicted molar refractivity (Wildman–Crippen MR) is 61.9 cm³/mol. The zero-order valence-corrected chi connectivity index (χ0v) is 10.4. The standard InChI is InChI=1S/C11H24N2O2/c1-5-13(6-2)9-11(14)12-7-8-15-10(3)4/h10H,5-9H2,1-4H3,(H,12,14). The lowest BCUT2D eigenvalue weighted by Crippen LogP contribution is -2.38. The van der Waals surface area contributed by atoms with E-state index in [9.17, 15) is 4.79 Å². The van der Waals surface area contributed by atoms with Gasteiger partial charge in [0.15, 0.2) is 0 Å². The van der Waals surface area contributed by atoms with Gasteiger partial charge >= 0.3 is 0 Å². The SMILES string of the molecule is CCN(CC)CC(=O)NCCOC(C)C. The van der Waals surface area contributed by atoms with Crippen LogP contribution in [0.25, 0.3) is 0 Å². The molecular formula is C11H24N2O2. The molecule has 0 unspecified atom stereocenters. The molecule has 4 heteroatoms. The van der Waals surface area contributed by atoms with Gasteiger partial charge in [0.05, 0.1) is 19.3 Å². The van der Waals surface area contributed by atoms with Gasteiger partial charge in [-0.05, 0) is 26.9 Å². The maximum atomic E-state index is 11.4. The average molecular weight is 216 g/mol. The van der Waals surface area contributed by atoms with Crippen molar-refractivity contribution in [2.75, 3.05) is 32.8 Å². The van der Waals surface area contributed by atoms with Crippen LogP contribution in [0.5, 0.6) is 0 Å². The molecule has 0 aliphatic heterocycles. The molecule has 0 saturated heterocycles. The monoisotopic (exact) mass is 216 g/mol. The third-order valence-corrected chi connectivity index (χ3v) is 2.14. The summed E-state index contributed by atoms with van der Waals surface area (Å²) in [6.07, 6.45) is 0.227. The summed E-state index contributed by atoms with van der Waals surface area (Å²) < 4.78 is 5.32. The van der Waals surface area contributed by atoms with Crippen molar-refractivity contribution in [3.05, 3.63) is 0 Å². The van der Waals surface area contributed by atoms with Gasteiger partial charge in [-0.3, -0.25) is 9.69 Å². The third kappa shape index (κ3) is 8.39. The van der Waals surface area contributed by atoms with Crippen LogP contribution in [0.15, 0.2) is 0 Å². The number of hydrogen-bond donors (Lipinski definition) is 1. The van der Waals surface area contributed by atoms with Gasteiger partial charge in [0.2, 0.25) is 5.91 Å². The summed E-state index contributed by atoms with van der Waals surface area (Å²) in [5, 5.41) is 2.83. The van der Waals surface area contributed by atoms with E-state index in [1.807, 2.05) is 13.8 Å². The Balaban J connectivity index is 3.48. The molecule has 0 aliphatic rings. The van der Waals surface area contributed by atoms with Crippen molar-refractivity contribution in [1.82, 2.24) is 10.2 Å². The second-order valence-corrected chi connectivity index (χ2v) is 3.73. The fraction of sp³-hybridized carbons (Fsp3) is 0.909. The minimum atomic E-state index is 0.0751. The molecule has 0 spiro atoms. The maximum Gasteiger partial charge on any atom is 0.234 e. The van der Waals surface area contributed by atoms with Crippen LogP contribution in [-0.4, -0.2) is 49.7 Å². The van der Waals surface area contributed by atoms with Crippen molar-refractivity contribution in [3.63, 3.8) is 0 Å². The number of amides is 1. The first-order chi connectivity index (χ1) is 7.10. The van der Waals surface area contributed by atoms with Crippen molar-refractivity contribution in [2.45, 2.75) is 33.8 Å². The molecule has 0 aromatic rings. The first-order valence-electron chi connectivity index (χ1n) is 5.70. The summed E-state index contributed by atoms with van der Waals surface area (Å²) >= 11 is 0. The Hall–Kier alpha value is -0.610. The molecular weight excluding hydrogens is 192 g/mol. The molecule has 1 amide bonds. The molecule has 1 N–H and O–H groups in total. The van der Waals surface area contributed by atoms with E-state index in [2.05, 4.69) is 24.1 Å². The van der Waals surface area contributed by atoms with Gasteiger partial charge in [-0.15, -0.1) is 0 Å². The summed E-state index contributed by atoms with van der Waals surface area (Å²) in [6, 6.07) is 0. The van der Waals surface area contributed by atoms with Crippen LogP contribution >= 0.6 is 0 Å². The lowest BCUT2D eigenvalue weighted by atomic mass is 10.4. The van der Waals surface area contributed by atoms with E-state index in [0.717, 1.165) is 13.1 Å². The third-order valence-electron chi connectivity index (χ3n) is 2.14. The Bertz CT molecular complexity index is 168. The van der Waals surface area contributed by atoms with Gasteiger partial charge in [-0.25, -0.2) is 0 Å². The number of hydrogen-bond acceptors (Lipinski definition) is 3. The Kier molecular flexibility index (Phi) is 8.33. The average Bonchev–Trinajstić information content (AvgIpc) is 2.20. The molecule has 0 bridgehead atoms. The lowest BCUT2D eigenvalue weighted by molar-refractivity contribution is -0.122.